The first kappa shape index (κ1) is 9.83. The lowest BCUT2D eigenvalue weighted by Gasteiger charge is -2.13. The Morgan fingerprint density at radius 1 is 1.60 bits per heavy atom. The second-order valence-electron chi connectivity index (χ2n) is 3.77. The van der Waals surface area contributed by atoms with Gasteiger partial charge in [-0.2, -0.15) is 0 Å². The van der Waals surface area contributed by atoms with Gasteiger partial charge in [-0.15, -0.1) is 0 Å². The van der Waals surface area contributed by atoms with Gasteiger partial charge in [-0.25, -0.2) is 0 Å². The van der Waals surface area contributed by atoms with Crippen LogP contribution in [0.15, 0.2) is 18.2 Å². The minimum Gasteiger partial charge on any atom is -0.508 e. The Morgan fingerprint density at radius 3 is 3.00 bits per heavy atom. The highest BCUT2D eigenvalue weighted by atomic mass is 16.5. The topological polar surface area (TPSA) is 66.8 Å². The van der Waals surface area contributed by atoms with Gasteiger partial charge in [-0.1, -0.05) is 13.0 Å². The second kappa shape index (κ2) is 3.46. The van der Waals surface area contributed by atoms with E-state index < -0.39 is 11.9 Å². The number of aliphatic carboxylic acids is 1. The molecule has 0 bridgehead atoms. The number of phenolic OH excluding ortho intramolecular Hbond substituents is 1. The highest BCUT2D eigenvalue weighted by Gasteiger charge is 2.32. The summed E-state index contributed by atoms with van der Waals surface area (Å²) < 4.78 is 5.34. The highest BCUT2D eigenvalue weighted by Crippen LogP contribution is 2.39. The minimum absolute atomic E-state index is 0.127. The monoisotopic (exact) mass is 208 g/mol. The molecule has 0 aliphatic carbocycles. The van der Waals surface area contributed by atoms with Crippen LogP contribution < -0.4 is 4.74 Å². The van der Waals surface area contributed by atoms with Gasteiger partial charge in [0.05, 0.1) is 12.5 Å². The van der Waals surface area contributed by atoms with Crippen molar-refractivity contribution in [1.82, 2.24) is 0 Å². The predicted octanol–water partition coefficient (Wildman–Crippen LogP) is 1.59. The van der Waals surface area contributed by atoms with Gasteiger partial charge in [0.25, 0.3) is 0 Å². The van der Waals surface area contributed by atoms with E-state index in [-0.39, 0.29) is 11.7 Å². The number of hydrogen-bond acceptors (Lipinski definition) is 3. The molecular weight excluding hydrogens is 196 g/mol. The van der Waals surface area contributed by atoms with Gasteiger partial charge in [0.1, 0.15) is 11.5 Å². The Hall–Kier alpha value is -1.71. The van der Waals surface area contributed by atoms with Crippen LogP contribution in [0.1, 0.15) is 18.4 Å². The van der Waals surface area contributed by atoms with Crippen LogP contribution in [0.4, 0.5) is 0 Å². The SMILES string of the molecule is CC(C(=O)O)[C@@H]1COc2cc(O)ccc21. The van der Waals surface area contributed by atoms with Crippen LogP contribution >= 0.6 is 0 Å². The number of carbonyl (C=O) groups is 1. The summed E-state index contributed by atoms with van der Waals surface area (Å²) in [6.45, 7) is 2.03. The molecule has 1 aliphatic heterocycles. The average molecular weight is 208 g/mol. The van der Waals surface area contributed by atoms with E-state index in [0.717, 1.165) is 5.56 Å². The Bertz CT molecular complexity index is 400. The standard InChI is InChI=1S/C11H12O4/c1-6(11(13)14)9-5-15-10-4-7(12)2-3-8(9)10/h2-4,6,9,12H,5H2,1H3,(H,13,14)/t6?,9-/m0/s1. The fourth-order valence-electron chi connectivity index (χ4n) is 1.81. The molecule has 4 heteroatoms. The van der Waals surface area contributed by atoms with E-state index in [1.165, 1.54) is 6.07 Å². The Kier molecular flexibility index (Phi) is 2.26. The zero-order valence-electron chi connectivity index (χ0n) is 8.30. The van der Waals surface area contributed by atoms with Crippen LogP contribution in [0.25, 0.3) is 0 Å². The van der Waals surface area contributed by atoms with Crippen molar-refractivity contribution in [2.24, 2.45) is 5.92 Å². The van der Waals surface area contributed by atoms with Gasteiger partial charge in [0.2, 0.25) is 0 Å². The van der Waals surface area contributed by atoms with E-state index in [0.29, 0.717) is 12.4 Å². The fourth-order valence-corrected chi connectivity index (χ4v) is 1.81. The van der Waals surface area contributed by atoms with Crippen LogP contribution in [-0.4, -0.2) is 22.8 Å². The number of phenols is 1. The molecule has 0 fully saturated rings. The lowest BCUT2D eigenvalue weighted by Crippen LogP contribution is -2.19. The van der Waals surface area contributed by atoms with Gasteiger partial charge in [-0.3, -0.25) is 4.79 Å². The van der Waals surface area contributed by atoms with Crippen molar-refractivity contribution in [3.8, 4) is 11.5 Å². The first-order valence-corrected chi connectivity index (χ1v) is 4.78. The van der Waals surface area contributed by atoms with Crippen molar-refractivity contribution in [2.45, 2.75) is 12.8 Å². The molecule has 1 aromatic carbocycles. The Balaban J connectivity index is 2.32. The second-order valence-corrected chi connectivity index (χ2v) is 3.77. The molecule has 0 saturated heterocycles. The van der Waals surface area contributed by atoms with E-state index in [1.807, 2.05) is 0 Å². The summed E-state index contributed by atoms with van der Waals surface area (Å²) in [6.07, 6.45) is 0. The number of carboxylic acids is 1. The van der Waals surface area contributed by atoms with Crippen LogP contribution in [0.3, 0.4) is 0 Å². The van der Waals surface area contributed by atoms with Crippen molar-refractivity contribution in [1.29, 1.82) is 0 Å². The van der Waals surface area contributed by atoms with Crippen LogP contribution in [0.2, 0.25) is 0 Å². The maximum Gasteiger partial charge on any atom is 0.306 e. The Morgan fingerprint density at radius 2 is 2.33 bits per heavy atom. The summed E-state index contributed by atoms with van der Waals surface area (Å²) in [5.74, 6) is -0.705. The first-order valence-electron chi connectivity index (χ1n) is 4.78. The van der Waals surface area contributed by atoms with Crippen molar-refractivity contribution in [3.63, 3.8) is 0 Å². The molecule has 80 valence electrons. The number of carboxylic acid groups (broad SMARTS) is 1. The summed E-state index contributed by atoms with van der Waals surface area (Å²) in [4.78, 5) is 10.9. The third-order valence-corrected chi connectivity index (χ3v) is 2.81. The molecule has 0 saturated carbocycles. The van der Waals surface area contributed by atoms with Gasteiger partial charge in [0, 0.05) is 17.5 Å². The number of benzene rings is 1. The van der Waals surface area contributed by atoms with E-state index >= 15 is 0 Å². The third-order valence-electron chi connectivity index (χ3n) is 2.81. The van der Waals surface area contributed by atoms with Crippen LogP contribution in [0, 0.1) is 5.92 Å². The van der Waals surface area contributed by atoms with Crippen molar-refractivity contribution < 1.29 is 19.7 Å². The third kappa shape index (κ3) is 1.63. The number of fused-ring (bicyclic) bond motifs is 1. The molecule has 15 heavy (non-hydrogen) atoms. The lowest BCUT2D eigenvalue weighted by atomic mass is 9.89. The number of hydrogen-bond donors (Lipinski definition) is 2. The normalized spacial score (nSPS) is 20.5. The molecule has 0 aromatic heterocycles. The first-order chi connectivity index (χ1) is 7.09. The maximum absolute atomic E-state index is 10.9. The zero-order chi connectivity index (χ0) is 11.0. The molecule has 2 N–H and O–H groups in total. The highest BCUT2D eigenvalue weighted by molar-refractivity contribution is 5.71. The minimum atomic E-state index is -0.829. The van der Waals surface area contributed by atoms with E-state index in [1.54, 1.807) is 19.1 Å². The molecule has 2 atom stereocenters. The summed E-state index contributed by atoms with van der Waals surface area (Å²) in [7, 11) is 0. The summed E-state index contributed by atoms with van der Waals surface area (Å²) in [6, 6.07) is 4.79. The van der Waals surface area contributed by atoms with E-state index in [9.17, 15) is 9.90 Å². The van der Waals surface area contributed by atoms with E-state index in [2.05, 4.69) is 0 Å². The van der Waals surface area contributed by atoms with Gasteiger partial charge in [-0.05, 0) is 6.07 Å². The average Bonchev–Trinajstić information content (AvgIpc) is 2.59. The molecule has 1 aliphatic rings. The molecule has 0 spiro atoms. The summed E-state index contributed by atoms with van der Waals surface area (Å²) in [5.41, 5.74) is 0.864. The summed E-state index contributed by atoms with van der Waals surface area (Å²) in [5, 5.41) is 18.2. The largest absolute Gasteiger partial charge is 0.508 e. The lowest BCUT2D eigenvalue weighted by molar-refractivity contribution is -0.142. The molecule has 0 amide bonds. The zero-order valence-corrected chi connectivity index (χ0v) is 8.30. The predicted molar refractivity (Wildman–Crippen MR) is 53.1 cm³/mol. The molecule has 1 unspecified atom stereocenters. The van der Waals surface area contributed by atoms with Gasteiger partial charge < -0.3 is 14.9 Å². The van der Waals surface area contributed by atoms with Crippen LogP contribution in [-0.2, 0) is 4.79 Å². The molecule has 0 radical (unpaired) electrons. The number of ether oxygens (including phenoxy) is 1. The number of rotatable bonds is 2. The smallest absolute Gasteiger partial charge is 0.306 e. The number of aromatic hydroxyl groups is 1. The molecular formula is C11H12O4. The molecule has 2 rings (SSSR count). The van der Waals surface area contributed by atoms with Crippen LogP contribution in [0.5, 0.6) is 11.5 Å². The molecule has 4 nitrogen and oxygen atoms in total. The maximum atomic E-state index is 10.9. The van der Waals surface area contributed by atoms with Crippen molar-refractivity contribution in [3.05, 3.63) is 23.8 Å². The van der Waals surface area contributed by atoms with Crippen molar-refractivity contribution >= 4 is 5.97 Å². The van der Waals surface area contributed by atoms with Gasteiger partial charge in [0.15, 0.2) is 0 Å². The summed E-state index contributed by atoms with van der Waals surface area (Å²) >= 11 is 0. The molecule has 1 heterocycles. The molecule has 1 aromatic rings. The fraction of sp³-hybridized carbons (Fsp3) is 0.364. The van der Waals surface area contributed by atoms with Gasteiger partial charge >= 0.3 is 5.97 Å². The van der Waals surface area contributed by atoms with Crippen molar-refractivity contribution in [2.75, 3.05) is 6.61 Å². The Labute approximate surface area is 87.1 Å². The quantitative estimate of drug-likeness (QED) is 0.774. The van der Waals surface area contributed by atoms with E-state index in [4.69, 9.17) is 9.84 Å².